The molecule has 0 amide bonds. The number of hydrogen-bond donors (Lipinski definition) is 0. The Morgan fingerprint density at radius 1 is 1.22 bits per heavy atom. The maximum Gasteiger partial charge on any atom is 0.128 e. The molecule has 0 aromatic heterocycles. The van der Waals surface area contributed by atoms with Gasteiger partial charge in [-0.25, -0.2) is 0 Å². The van der Waals surface area contributed by atoms with Crippen molar-refractivity contribution in [1.82, 2.24) is 0 Å². The van der Waals surface area contributed by atoms with Gasteiger partial charge in [-0.15, -0.1) is 0 Å². The lowest BCUT2D eigenvalue weighted by atomic mass is 10.1. The summed E-state index contributed by atoms with van der Waals surface area (Å²) in [6, 6.07) is 6.07. The first-order chi connectivity index (χ1) is 8.86. The monoisotopic (exact) mass is 249 g/mol. The van der Waals surface area contributed by atoms with Crippen LogP contribution in [0.4, 0.5) is 5.69 Å². The molecule has 0 spiro atoms. The van der Waals surface area contributed by atoms with E-state index in [0.717, 1.165) is 43.3 Å². The highest BCUT2D eigenvalue weighted by Gasteiger charge is 2.16. The molecule has 4 nitrogen and oxygen atoms in total. The van der Waals surface area contributed by atoms with Gasteiger partial charge in [0.25, 0.3) is 0 Å². The Bertz CT molecular complexity index is 412. The molecule has 1 aliphatic heterocycles. The van der Waals surface area contributed by atoms with E-state index < -0.39 is 0 Å². The van der Waals surface area contributed by atoms with Gasteiger partial charge in [-0.05, 0) is 18.2 Å². The molecule has 1 aromatic carbocycles. The van der Waals surface area contributed by atoms with Crippen molar-refractivity contribution in [3.05, 3.63) is 30.0 Å². The molecule has 0 N–H and O–H groups in total. The Morgan fingerprint density at radius 2 is 2.00 bits per heavy atom. The number of methoxy groups -OCH3 is 2. The Morgan fingerprint density at radius 3 is 2.67 bits per heavy atom. The Kier molecular flexibility index (Phi) is 4.47. The summed E-state index contributed by atoms with van der Waals surface area (Å²) < 4.78 is 15.8. The standard InChI is InChI=1S/C14H19NO3/c1-16-9-6-12-13(4-3-5-14(12)17-2)15-7-10-18-11-8-15/h3-6,9H,7-8,10-11H2,1-2H3. The molecule has 0 unspecified atom stereocenters. The maximum atomic E-state index is 5.41. The molecule has 1 heterocycles. The fourth-order valence-electron chi connectivity index (χ4n) is 2.09. The number of ether oxygens (including phenoxy) is 3. The third kappa shape index (κ3) is 2.76. The zero-order valence-electron chi connectivity index (χ0n) is 10.9. The van der Waals surface area contributed by atoms with Crippen LogP contribution in [0.2, 0.25) is 0 Å². The van der Waals surface area contributed by atoms with Crippen LogP contribution in [-0.4, -0.2) is 40.5 Å². The van der Waals surface area contributed by atoms with Crippen molar-refractivity contribution in [3.8, 4) is 5.75 Å². The molecule has 1 aliphatic rings. The molecule has 0 radical (unpaired) electrons. The molecule has 98 valence electrons. The number of morpholine rings is 1. The van der Waals surface area contributed by atoms with Crippen molar-refractivity contribution in [2.45, 2.75) is 0 Å². The summed E-state index contributed by atoms with van der Waals surface area (Å²) in [5.41, 5.74) is 2.20. The van der Waals surface area contributed by atoms with Crippen LogP contribution in [0.1, 0.15) is 5.56 Å². The Balaban J connectivity index is 2.34. The van der Waals surface area contributed by atoms with Crippen LogP contribution < -0.4 is 9.64 Å². The summed E-state index contributed by atoms with van der Waals surface area (Å²) in [6.45, 7) is 3.34. The molecule has 1 saturated heterocycles. The Labute approximate surface area is 108 Å². The van der Waals surface area contributed by atoms with Crippen molar-refractivity contribution in [2.24, 2.45) is 0 Å². The molecule has 0 saturated carbocycles. The van der Waals surface area contributed by atoms with Gasteiger partial charge < -0.3 is 19.1 Å². The Hall–Kier alpha value is -1.68. The first-order valence-corrected chi connectivity index (χ1v) is 6.06. The highest BCUT2D eigenvalue weighted by Crippen LogP contribution is 2.31. The molecule has 18 heavy (non-hydrogen) atoms. The van der Waals surface area contributed by atoms with Gasteiger partial charge in [-0.1, -0.05) is 6.07 Å². The van der Waals surface area contributed by atoms with Gasteiger partial charge in [0, 0.05) is 24.3 Å². The predicted octanol–water partition coefficient (Wildman–Crippen LogP) is 2.15. The molecule has 0 atom stereocenters. The lowest BCUT2D eigenvalue weighted by Crippen LogP contribution is -2.36. The number of anilines is 1. The number of benzene rings is 1. The van der Waals surface area contributed by atoms with Gasteiger partial charge >= 0.3 is 0 Å². The third-order valence-corrected chi connectivity index (χ3v) is 2.99. The van der Waals surface area contributed by atoms with Gasteiger partial charge in [0.1, 0.15) is 5.75 Å². The second-order valence-electron chi connectivity index (χ2n) is 4.03. The molecule has 4 heteroatoms. The van der Waals surface area contributed by atoms with E-state index in [0.29, 0.717) is 0 Å². The summed E-state index contributed by atoms with van der Waals surface area (Å²) in [6.07, 6.45) is 3.60. The number of hydrogen-bond acceptors (Lipinski definition) is 4. The molecule has 0 bridgehead atoms. The lowest BCUT2D eigenvalue weighted by molar-refractivity contribution is 0.122. The molecule has 1 aromatic rings. The normalized spacial score (nSPS) is 16.0. The summed E-state index contributed by atoms with van der Waals surface area (Å²) in [4.78, 5) is 2.31. The third-order valence-electron chi connectivity index (χ3n) is 2.99. The lowest BCUT2D eigenvalue weighted by Gasteiger charge is -2.30. The van der Waals surface area contributed by atoms with E-state index in [4.69, 9.17) is 14.2 Å². The van der Waals surface area contributed by atoms with Crippen molar-refractivity contribution >= 4 is 11.8 Å². The SMILES string of the molecule is COC=Cc1c(OC)cccc1N1CCOCC1. The van der Waals surface area contributed by atoms with E-state index in [2.05, 4.69) is 11.0 Å². The van der Waals surface area contributed by atoms with E-state index >= 15 is 0 Å². The first-order valence-electron chi connectivity index (χ1n) is 6.06. The fourth-order valence-corrected chi connectivity index (χ4v) is 2.09. The van der Waals surface area contributed by atoms with Crippen LogP contribution in [0.5, 0.6) is 5.75 Å². The van der Waals surface area contributed by atoms with Gasteiger partial charge in [-0.2, -0.15) is 0 Å². The van der Waals surface area contributed by atoms with Crippen LogP contribution >= 0.6 is 0 Å². The largest absolute Gasteiger partial charge is 0.504 e. The van der Waals surface area contributed by atoms with Crippen molar-refractivity contribution in [2.75, 3.05) is 45.4 Å². The smallest absolute Gasteiger partial charge is 0.128 e. The van der Waals surface area contributed by atoms with Crippen molar-refractivity contribution in [1.29, 1.82) is 0 Å². The maximum absolute atomic E-state index is 5.41. The first kappa shape index (κ1) is 12.8. The summed E-state index contributed by atoms with van der Waals surface area (Å²) in [7, 11) is 3.32. The zero-order chi connectivity index (χ0) is 12.8. The van der Waals surface area contributed by atoms with Crippen LogP contribution in [0.15, 0.2) is 24.5 Å². The minimum atomic E-state index is 0.768. The summed E-state index contributed by atoms with van der Waals surface area (Å²) in [5.74, 6) is 0.854. The minimum absolute atomic E-state index is 0.768. The summed E-state index contributed by atoms with van der Waals surface area (Å²) in [5, 5.41) is 0. The van der Waals surface area contributed by atoms with Crippen LogP contribution in [0.3, 0.4) is 0 Å². The zero-order valence-corrected chi connectivity index (χ0v) is 10.9. The second-order valence-corrected chi connectivity index (χ2v) is 4.03. The van der Waals surface area contributed by atoms with E-state index in [9.17, 15) is 0 Å². The molecule has 1 fully saturated rings. The molecule has 0 aliphatic carbocycles. The minimum Gasteiger partial charge on any atom is -0.504 e. The van der Waals surface area contributed by atoms with Gasteiger partial charge in [0.2, 0.25) is 0 Å². The average Bonchev–Trinajstić information content (AvgIpc) is 2.45. The molecule has 2 rings (SSSR count). The van der Waals surface area contributed by atoms with E-state index in [1.165, 1.54) is 0 Å². The molecular weight excluding hydrogens is 230 g/mol. The van der Waals surface area contributed by atoms with Gasteiger partial charge in [0.05, 0.1) is 33.7 Å². The predicted molar refractivity (Wildman–Crippen MR) is 72.1 cm³/mol. The highest BCUT2D eigenvalue weighted by atomic mass is 16.5. The number of nitrogens with zero attached hydrogens (tertiary/aromatic N) is 1. The van der Waals surface area contributed by atoms with Crippen LogP contribution in [-0.2, 0) is 9.47 Å². The average molecular weight is 249 g/mol. The second kappa shape index (κ2) is 6.31. The fraction of sp³-hybridized carbons (Fsp3) is 0.429. The van der Waals surface area contributed by atoms with E-state index in [1.807, 2.05) is 18.2 Å². The topological polar surface area (TPSA) is 30.9 Å². The summed E-state index contributed by atoms with van der Waals surface area (Å²) >= 11 is 0. The highest BCUT2D eigenvalue weighted by molar-refractivity contribution is 5.72. The van der Waals surface area contributed by atoms with E-state index in [-0.39, 0.29) is 0 Å². The van der Waals surface area contributed by atoms with Crippen LogP contribution in [0.25, 0.3) is 6.08 Å². The van der Waals surface area contributed by atoms with Crippen LogP contribution in [0, 0.1) is 0 Å². The number of rotatable bonds is 4. The van der Waals surface area contributed by atoms with E-state index in [1.54, 1.807) is 20.5 Å². The van der Waals surface area contributed by atoms with Crippen molar-refractivity contribution < 1.29 is 14.2 Å². The quantitative estimate of drug-likeness (QED) is 0.765. The van der Waals surface area contributed by atoms with Crippen molar-refractivity contribution in [3.63, 3.8) is 0 Å². The molecular formula is C14H19NO3. The van der Waals surface area contributed by atoms with Gasteiger partial charge in [-0.3, -0.25) is 0 Å². The van der Waals surface area contributed by atoms with Gasteiger partial charge in [0.15, 0.2) is 0 Å².